The van der Waals surface area contributed by atoms with Gasteiger partial charge in [0, 0.05) is 12.6 Å². The Morgan fingerprint density at radius 3 is 3.12 bits per heavy atom. The van der Waals surface area contributed by atoms with E-state index in [0.717, 1.165) is 38.5 Å². The van der Waals surface area contributed by atoms with Gasteiger partial charge in [0.15, 0.2) is 0 Å². The fraction of sp³-hybridized carbons (Fsp3) is 0.818. The van der Waals surface area contributed by atoms with Crippen LogP contribution in [0.5, 0.6) is 0 Å². The highest BCUT2D eigenvalue weighted by atomic mass is 16.5. The lowest BCUT2D eigenvalue weighted by atomic mass is 10.0. The molecular formula is C11H20N4O. The molecule has 2 unspecified atom stereocenters. The van der Waals surface area contributed by atoms with Gasteiger partial charge in [-0.15, -0.1) is 0 Å². The van der Waals surface area contributed by atoms with E-state index in [0.29, 0.717) is 12.0 Å². The topological polar surface area (TPSA) is 52.0 Å². The summed E-state index contributed by atoms with van der Waals surface area (Å²) in [6.45, 7) is 7.69. The van der Waals surface area contributed by atoms with E-state index in [4.69, 9.17) is 4.74 Å². The summed E-state index contributed by atoms with van der Waals surface area (Å²) in [5, 5.41) is 7.73. The molecule has 0 amide bonds. The third kappa shape index (κ3) is 2.25. The van der Waals surface area contributed by atoms with Crippen molar-refractivity contribution >= 4 is 0 Å². The number of hydrogen-bond acceptors (Lipinski definition) is 4. The van der Waals surface area contributed by atoms with Gasteiger partial charge < -0.3 is 10.1 Å². The van der Waals surface area contributed by atoms with Crippen LogP contribution in [0.4, 0.5) is 0 Å². The van der Waals surface area contributed by atoms with E-state index in [1.807, 2.05) is 4.68 Å². The largest absolute Gasteiger partial charge is 0.379 e. The summed E-state index contributed by atoms with van der Waals surface area (Å²) in [6, 6.07) is 0.384. The first kappa shape index (κ1) is 11.5. The predicted octanol–water partition coefficient (Wildman–Crippen LogP) is 0.780. The van der Waals surface area contributed by atoms with E-state index in [1.165, 1.54) is 0 Å². The van der Waals surface area contributed by atoms with Crippen LogP contribution in [0.2, 0.25) is 0 Å². The Morgan fingerprint density at radius 1 is 1.50 bits per heavy atom. The molecule has 1 N–H and O–H groups in total. The first-order chi connectivity index (χ1) is 7.86. The summed E-state index contributed by atoms with van der Waals surface area (Å²) in [6.07, 6.45) is 2.78. The number of aryl methyl sites for hydroxylation is 1. The number of nitrogens with zero attached hydrogens (tertiary/aromatic N) is 3. The minimum atomic E-state index is 0.342. The predicted molar refractivity (Wildman–Crippen MR) is 61.3 cm³/mol. The number of nitrogens with one attached hydrogen (secondary N) is 1. The summed E-state index contributed by atoms with van der Waals surface area (Å²) in [4.78, 5) is 4.36. The summed E-state index contributed by atoms with van der Waals surface area (Å²) in [7, 11) is 0. The number of ether oxygens (including phenoxy) is 1. The molecule has 1 aromatic heterocycles. The quantitative estimate of drug-likeness (QED) is 0.803. The SMILES string of the molecule is CCCNC1COCC1c1ncnn1CC. The van der Waals surface area contributed by atoms with Crippen LogP contribution in [-0.2, 0) is 11.3 Å². The second-order valence-electron chi connectivity index (χ2n) is 4.14. The van der Waals surface area contributed by atoms with Crippen molar-refractivity contribution in [3.8, 4) is 0 Å². The van der Waals surface area contributed by atoms with Crippen LogP contribution in [-0.4, -0.2) is 40.6 Å². The highest BCUT2D eigenvalue weighted by molar-refractivity contribution is 5.04. The molecule has 0 spiro atoms. The van der Waals surface area contributed by atoms with E-state index < -0.39 is 0 Å². The van der Waals surface area contributed by atoms with Gasteiger partial charge in [0.2, 0.25) is 0 Å². The minimum Gasteiger partial charge on any atom is -0.379 e. The molecule has 5 nitrogen and oxygen atoms in total. The Kier molecular flexibility index (Phi) is 3.90. The number of aromatic nitrogens is 3. The van der Waals surface area contributed by atoms with E-state index >= 15 is 0 Å². The minimum absolute atomic E-state index is 0.342. The third-order valence-electron chi connectivity index (χ3n) is 3.01. The van der Waals surface area contributed by atoms with Crippen LogP contribution >= 0.6 is 0 Å². The van der Waals surface area contributed by atoms with Crippen molar-refractivity contribution in [1.29, 1.82) is 0 Å². The second kappa shape index (κ2) is 5.41. The molecule has 1 aromatic rings. The molecule has 2 rings (SSSR count). The smallest absolute Gasteiger partial charge is 0.138 e. The van der Waals surface area contributed by atoms with Crippen LogP contribution in [0, 0.1) is 0 Å². The van der Waals surface area contributed by atoms with Crippen molar-refractivity contribution in [2.75, 3.05) is 19.8 Å². The normalized spacial score (nSPS) is 25.1. The van der Waals surface area contributed by atoms with Gasteiger partial charge in [-0.1, -0.05) is 6.92 Å². The number of rotatable bonds is 5. The summed E-state index contributed by atoms with van der Waals surface area (Å²) in [5.41, 5.74) is 0. The van der Waals surface area contributed by atoms with Crippen LogP contribution in [0.3, 0.4) is 0 Å². The first-order valence-corrected chi connectivity index (χ1v) is 6.05. The van der Waals surface area contributed by atoms with Gasteiger partial charge in [0.05, 0.1) is 19.1 Å². The van der Waals surface area contributed by atoms with Crippen LogP contribution in [0.25, 0.3) is 0 Å². The standard InChI is InChI=1S/C11H20N4O/c1-3-5-12-10-7-16-6-9(10)11-13-8-14-15(11)4-2/h8-10,12H,3-7H2,1-2H3. The molecule has 5 heteroatoms. The fourth-order valence-corrected chi connectivity index (χ4v) is 2.14. The van der Waals surface area contributed by atoms with Crippen molar-refractivity contribution < 1.29 is 4.74 Å². The molecule has 90 valence electrons. The first-order valence-electron chi connectivity index (χ1n) is 6.05. The molecule has 16 heavy (non-hydrogen) atoms. The monoisotopic (exact) mass is 224 g/mol. The zero-order valence-electron chi connectivity index (χ0n) is 10.0. The zero-order valence-corrected chi connectivity index (χ0v) is 10.0. The van der Waals surface area contributed by atoms with E-state index in [9.17, 15) is 0 Å². The fourth-order valence-electron chi connectivity index (χ4n) is 2.14. The van der Waals surface area contributed by atoms with Gasteiger partial charge in [-0.05, 0) is 19.9 Å². The van der Waals surface area contributed by atoms with Gasteiger partial charge >= 0.3 is 0 Å². The molecule has 0 aliphatic carbocycles. The van der Waals surface area contributed by atoms with Crippen molar-refractivity contribution in [1.82, 2.24) is 20.1 Å². The average Bonchev–Trinajstić information content (AvgIpc) is 2.93. The van der Waals surface area contributed by atoms with Gasteiger partial charge in [0.25, 0.3) is 0 Å². The average molecular weight is 224 g/mol. The molecule has 1 saturated heterocycles. The van der Waals surface area contributed by atoms with Crippen LogP contribution in [0.1, 0.15) is 32.0 Å². The Labute approximate surface area is 96.2 Å². The third-order valence-corrected chi connectivity index (χ3v) is 3.01. The molecule has 2 heterocycles. The lowest BCUT2D eigenvalue weighted by Gasteiger charge is -2.18. The van der Waals surface area contributed by atoms with E-state index in [2.05, 4.69) is 29.2 Å². The van der Waals surface area contributed by atoms with Gasteiger partial charge in [-0.3, -0.25) is 0 Å². The van der Waals surface area contributed by atoms with Gasteiger partial charge in [-0.2, -0.15) is 5.10 Å². The van der Waals surface area contributed by atoms with E-state index in [1.54, 1.807) is 6.33 Å². The Morgan fingerprint density at radius 2 is 2.38 bits per heavy atom. The Bertz CT molecular complexity index is 326. The maximum absolute atomic E-state index is 5.55. The van der Waals surface area contributed by atoms with Crippen molar-refractivity contribution in [3.63, 3.8) is 0 Å². The van der Waals surface area contributed by atoms with Crippen molar-refractivity contribution in [2.24, 2.45) is 0 Å². The second-order valence-corrected chi connectivity index (χ2v) is 4.14. The van der Waals surface area contributed by atoms with Gasteiger partial charge in [-0.25, -0.2) is 9.67 Å². The highest BCUT2D eigenvalue weighted by Crippen LogP contribution is 2.23. The molecule has 0 aromatic carbocycles. The molecule has 0 bridgehead atoms. The van der Waals surface area contributed by atoms with Crippen LogP contribution in [0.15, 0.2) is 6.33 Å². The Hall–Kier alpha value is -0.940. The number of hydrogen-bond donors (Lipinski definition) is 1. The maximum atomic E-state index is 5.55. The summed E-state index contributed by atoms with van der Waals surface area (Å²) in [5.74, 6) is 1.39. The van der Waals surface area contributed by atoms with Crippen molar-refractivity contribution in [3.05, 3.63) is 12.2 Å². The maximum Gasteiger partial charge on any atom is 0.138 e. The van der Waals surface area contributed by atoms with Crippen LogP contribution < -0.4 is 5.32 Å². The highest BCUT2D eigenvalue weighted by Gasteiger charge is 2.32. The molecule has 2 atom stereocenters. The molecule has 1 aliphatic heterocycles. The molecule has 1 fully saturated rings. The Balaban J connectivity index is 2.07. The zero-order chi connectivity index (χ0) is 11.4. The lowest BCUT2D eigenvalue weighted by molar-refractivity contribution is 0.187. The molecular weight excluding hydrogens is 204 g/mol. The molecule has 0 radical (unpaired) electrons. The molecule has 0 saturated carbocycles. The van der Waals surface area contributed by atoms with Gasteiger partial charge in [0.1, 0.15) is 12.2 Å². The van der Waals surface area contributed by atoms with Crippen molar-refractivity contribution in [2.45, 2.75) is 38.8 Å². The molecule has 1 aliphatic rings. The summed E-state index contributed by atoms with van der Waals surface area (Å²) < 4.78 is 7.50. The lowest BCUT2D eigenvalue weighted by Crippen LogP contribution is -2.36. The van der Waals surface area contributed by atoms with E-state index in [-0.39, 0.29) is 0 Å². The summed E-state index contributed by atoms with van der Waals surface area (Å²) >= 11 is 0.